The van der Waals surface area contributed by atoms with Gasteiger partial charge in [-0.1, -0.05) is 6.07 Å². The van der Waals surface area contributed by atoms with E-state index >= 15 is 0 Å². The molecule has 1 aromatic carbocycles. The lowest BCUT2D eigenvalue weighted by molar-refractivity contribution is 0.0948. The zero-order valence-electron chi connectivity index (χ0n) is 13.8. The highest BCUT2D eigenvalue weighted by molar-refractivity contribution is 7.09. The fraction of sp³-hybridized carbons (Fsp3) is 0.167. The van der Waals surface area contributed by atoms with Gasteiger partial charge in [0.15, 0.2) is 5.76 Å². The van der Waals surface area contributed by atoms with E-state index in [4.69, 9.17) is 4.42 Å². The molecule has 0 spiro atoms. The Hall–Kier alpha value is -2.93. The highest BCUT2D eigenvalue weighted by Gasteiger charge is 2.13. The molecule has 7 heteroatoms. The van der Waals surface area contributed by atoms with Gasteiger partial charge in [0.05, 0.1) is 23.5 Å². The molecule has 0 aliphatic carbocycles. The lowest BCUT2D eigenvalue weighted by Gasteiger charge is -2.10. The molecule has 25 heavy (non-hydrogen) atoms. The summed E-state index contributed by atoms with van der Waals surface area (Å²) in [6, 6.07) is 8.39. The third kappa shape index (κ3) is 4.13. The molecule has 0 aliphatic rings. The minimum Gasteiger partial charge on any atom is -0.459 e. The molecule has 0 saturated heterocycles. The van der Waals surface area contributed by atoms with Gasteiger partial charge < -0.3 is 15.1 Å². The van der Waals surface area contributed by atoms with Gasteiger partial charge in [-0.05, 0) is 43.7 Å². The van der Waals surface area contributed by atoms with Crippen LogP contribution in [0.3, 0.4) is 0 Å². The maximum atomic E-state index is 12.3. The van der Waals surface area contributed by atoms with Crippen molar-refractivity contribution in [3.05, 3.63) is 69.6 Å². The first-order chi connectivity index (χ1) is 12.0. The summed E-state index contributed by atoms with van der Waals surface area (Å²) >= 11 is 1.54. The van der Waals surface area contributed by atoms with E-state index in [2.05, 4.69) is 15.6 Å². The summed E-state index contributed by atoms with van der Waals surface area (Å²) in [6.45, 7) is 4.15. The molecule has 3 aromatic rings. The van der Waals surface area contributed by atoms with Gasteiger partial charge in [-0.15, -0.1) is 11.3 Å². The van der Waals surface area contributed by atoms with E-state index in [9.17, 15) is 9.59 Å². The van der Waals surface area contributed by atoms with Crippen molar-refractivity contribution in [2.75, 3.05) is 5.32 Å². The Kier molecular flexibility index (Phi) is 4.95. The molecule has 2 heterocycles. The molecule has 3 rings (SSSR count). The van der Waals surface area contributed by atoms with Crippen molar-refractivity contribution in [3.8, 4) is 0 Å². The number of benzene rings is 1. The second kappa shape index (κ2) is 7.31. The first-order valence-electron chi connectivity index (χ1n) is 7.67. The number of anilines is 1. The molecule has 2 amide bonds. The van der Waals surface area contributed by atoms with Crippen molar-refractivity contribution in [1.29, 1.82) is 0 Å². The Balaban J connectivity index is 1.69. The molecule has 6 nitrogen and oxygen atoms in total. The minimum atomic E-state index is -0.358. The monoisotopic (exact) mass is 355 g/mol. The van der Waals surface area contributed by atoms with E-state index in [-0.39, 0.29) is 17.6 Å². The van der Waals surface area contributed by atoms with Gasteiger partial charge in [0.25, 0.3) is 11.8 Å². The average Bonchev–Trinajstić information content (AvgIpc) is 3.26. The average molecular weight is 355 g/mol. The van der Waals surface area contributed by atoms with E-state index in [1.807, 2.05) is 19.2 Å². The van der Waals surface area contributed by atoms with Crippen LogP contribution in [-0.2, 0) is 6.54 Å². The number of furan rings is 1. The van der Waals surface area contributed by atoms with Gasteiger partial charge in [0.1, 0.15) is 0 Å². The van der Waals surface area contributed by atoms with Gasteiger partial charge in [-0.25, -0.2) is 4.98 Å². The highest BCUT2D eigenvalue weighted by atomic mass is 32.1. The summed E-state index contributed by atoms with van der Waals surface area (Å²) in [5.74, 6) is -0.365. The molecule has 2 aromatic heterocycles. The molecule has 0 atom stereocenters. The molecule has 2 N–H and O–H groups in total. The molecule has 128 valence electrons. The molecular formula is C18H17N3O3S. The number of aromatic nitrogens is 1. The van der Waals surface area contributed by atoms with Crippen LogP contribution in [-0.4, -0.2) is 16.8 Å². The van der Waals surface area contributed by atoms with E-state index in [1.165, 1.54) is 6.26 Å². The van der Waals surface area contributed by atoms with Crippen LogP contribution in [0.15, 0.2) is 46.4 Å². The molecule has 0 fully saturated rings. The third-order valence-electron chi connectivity index (χ3n) is 3.59. The Morgan fingerprint density at radius 2 is 2.04 bits per heavy atom. The predicted molar refractivity (Wildman–Crippen MR) is 95.9 cm³/mol. The summed E-state index contributed by atoms with van der Waals surface area (Å²) in [5.41, 5.74) is 2.71. The fourth-order valence-electron chi connectivity index (χ4n) is 2.25. The number of carbonyl (C=O) groups excluding carboxylic acids is 2. The Labute approximate surface area is 148 Å². The van der Waals surface area contributed by atoms with Gasteiger partial charge in [-0.3, -0.25) is 9.59 Å². The van der Waals surface area contributed by atoms with E-state index in [0.717, 1.165) is 16.3 Å². The van der Waals surface area contributed by atoms with Crippen LogP contribution in [0.1, 0.15) is 37.2 Å². The smallest absolute Gasteiger partial charge is 0.291 e. The molecule has 0 aliphatic heterocycles. The van der Waals surface area contributed by atoms with Gasteiger partial charge >= 0.3 is 0 Å². The standard InChI is InChI=1S/C18H17N3O3S/c1-11-5-6-13(17(22)19-9-14-10-25-12(2)20-14)8-15(11)21-18(23)16-4-3-7-24-16/h3-8,10H,9H2,1-2H3,(H,19,22)(H,21,23). The summed E-state index contributed by atoms with van der Waals surface area (Å²) in [6.07, 6.45) is 1.44. The Morgan fingerprint density at radius 1 is 1.20 bits per heavy atom. The van der Waals surface area contributed by atoms with Crippen LogP contribution in [0.25, 0.3) is 0 Å². The number of thiazole rings is 1. The Bertz CT molecular complexity index is 900. The van der Waals surface area contributed by atoms with Gasteiger partial charge in [0.2, 0.25) is 0 Å². The quantitative estimate of drug-likeness (QED) is 0.733. The number of rotatable bonds is 5. The maximum absolute atomic E-state index is 12.3. The van der Waals surface area contributed by atoms with Crippen LogP contribution in [0.4, 0.5) is 5.69 Å². The van der Waals surface area contributed by atoms with Crippen LogP contribution >= 0.6 is 11.3 Å². The van der Waals surface area contributed by atoms with Crippen LogP contribution in [0.2, 0.25) is 0 Å². The predicted octanol–water partition coefficient (Wildman–Crippen LogP) is 3.54. The van der Waals surface area contributed by atoms with Gasteiger partial charge in [0, 0.05) is 16.6 Å². The van der Waals surface area contributed by atoms with Crippen molar-refractivity contribution in [2.45, 2.75) is 20.4 Å². The van der Waals surface area contributed by atoms with Crippen LogP contribution < -0.4 is 10.6 Å². The molecule has 0 radical (unpaired) electrons. The van der Waals surface area contributed by atoms with Crippen molar-refractivity contribution in [3.63, 3.8) is 0 Å². The van der Waals surface area contributed by atoms with Crippen molar-refractivity contribution in [2.24, 2.45) is 0 Å². The molecular weight excluding hydrogens is 338 g/mol. The van der Waals surface area contributed by atoms with E-state index in [0.29, 0.717) is 17.8 Å². The minimum absolute atomic E-state index is 0.216. The summed E-state index contributed by atoms with van der Waals surface area (Å²) < 4.78 is 5.08. The zero-order chi connectivity index (χ0) is 17.8. The van der Waals surface area contributed by atoms with Gasteiger partial charge in [-0.2, -0.15) is 0 Å². The van der Waals surface area contributed by atoms with E-state index < -0.39 is 0 Å². The first kappa shape index (κ1) is 16.9. The zero-order valence-corrected chi connectivity index (χ0v) is 14.6. The Morgan fingerprint density at radius 3 is 2.72 bits per heavy atom. The largest absolute Gasteiger partial charge is 0.459 e. The maximum Gasteiger partial charge on any atom is 0.291 e. The number of hydrogen-bond donors (Lipinski definition) is 2. The van der Waals surface area contributed by atoms with Crippen molar-refractivity contribution in [1.82, 2.24) is 10.3 Å². The van der Waals surface area contributed by atoms with Crippen LogP contribution in [0, 0.1) is 13.8 Å². The summed E-state index contributed by atoms with van der Waals surface area (Å²) in [4.78, 5) is 28.8. The van der Waals surface area contributed by atoms with Crippen LogP contribution in [0.5, 0.6) is 0 Å². The molecule has 0 bridgehead atoms. The number of hydrogen-bond acceptors (Lipinski definition) is 5. The number of amides is 2. The van der Waals surface area contributed by atoms with Crippen molar-refractivity contribution < 1.29 is 14.0 Å². The molecule has 0 unspecified atom stereocenters. The SMILES string of the molecule is Cc1nc(CNC(=O)c2ccc(C)c(NC(=O)c3ccco3)c2)cs1. The lowest BCUT2D eigenvalue weighted by Crippen LogP contribution is -2.23. The highest BCUT2D eigenvalue weighted by Crippen LogP contribution is 2.18. The van der Waals surface area contributed by atoms with E-state index in [1.54, 1.807) is 41.7 Å². The first-order valence-corrected chi connectivity index (χ1v) is 8.55. The van der Waals surface area contributed by atoms with Crippen molar-refractivity contribution >= 4 is 28.8 Å². The second-order valence-electron chi connectivity index (χ2n) is 5.50. The normalized spacial score (nSPS) is 10.5. The lowest BCUT2D eigenvalue weighted by atomic mass is 10.1. The third-order valence-corrected chi connectivity index (χ3v) is 4.41. The number of carbonyl (C=O) groups is 2. The topological polar surface area (TPSA) is 84.2 Å². The number of aryl methyl sites for hydroxylation is 2. The summed E-state index contributed by atoms with van der Waals surface area (Å²) in [5, 5.41) is 8.47. The number of nitrogens with zero attached hydrogens (tertiary/aromatic N) is 1. The second-order valence-corrected chi connectivity index (χ2v) is 6.56. The number of nitrogens with one attached hydrogen (secondary N) is 2. The molecule has 0 saturated carbocycles. The fourth-order valence-corrected chi connectivity index (χ4v) is 2.86. The summed E-state index contributed by atoms with van der Waals surface area (Å²) in [7, 11) is 0.